The SMILES string of the molecule is O=C([C@H](Nc1ccc(N2CCOC2=O)cc1)c1ccccc1)N1CCCC1. The van der Waals surface area contributed by atoms with E-state index >= 15 is 0 Å². The second-order valence-electron chi connectivity index (χ2n) is 6.83. The zero-order valence-electron chi connectivity index (χ0n) is 15.1. The van der Waals surface area contributed by atoms with E-state index in [1.54, 1.807) is 4.90 Å². The van der Waals surface area contributed by atoms with Gasteiger partial charge < -0.3 is 15.0 Å². The summed E-state index contributed by atoms with van der Waals surface area (Å²) in [6.07, 6.45) is 1.81. The van der Waals surface area contributed by atoms with Crippen molar-refractivity contribution < 1.29 is 14.3 Å². The number of hydrogen-bond acceptors (Lipinski definition) is 4. The highest BCUT2D eigenvalue weighted by Crippen LogP contribution is 2.26. The number of anilines is 2. The standard InChI is InChI=1S/C21H23N3O3/c25-20(23-12-4-5-13-23)19(16-6-2-1-3-7-16)22-17-8-10-18(11-9-17)24-14-15-27-21(24)26/h1-3,6-11,19,22H,4-5,12-15H2/t19-/m1/s1. The highest BCUT2D eigenvalue weighted by atomic mass is 16.6. The van der Waals surface area contributed by atoms with Crippen molar-refractivity contribution in [2.24, 2.45) is 0 Å². The van der Waals surface area contributed by atoms with Gasteiger partial charge >= 0.3 is 6.09 Å². The third-order valence-corrected chi connectivity index (χ3v) is 5.05. The first kappa shape index (κ1) is 17.4. The van der Waals surface area contributed by atoms with E-state index in [4.69, 9.17) is 4.74 Å². The summed E-state index contributed by atoms with van der Waals surface area (Å²) in [5, 5.41) is 3.38. The molecule has 2 aromatic carbocycles. The van der Waals surface area contributed by atoms with Crippen molar-refractivity contribution in [2.75, 3.05) is 36.5 Å². The molecule has 1 N–H and O–H groups in total. The number of ether oxygens (including phenoxy) is 1. The van der Waals surface area contributed by atoms with E-state index in [0.717, 1.165) is 42.9 Å². The lowest BCUT2D eigenvalue weighted by atomic mass is 10.0. The summed E-state index contributed by atoms with van der Waals surface area (Å²) in [4.78, 5) is 28.3. The number of benzene rings is 2. The molecule has 2 fully saturated rings. The van der Waals surface area contributed by atoms with Gasteiger partial charge in [0.15, 0.2) is 0 Å². The number of cyclic esters (lactones) is 1. The summed E-state index contributed by atoms with van der Waals surface area (Å²) >= 11 is 0. The van der Waals surface area contributed by atoms with E-state index < -0.39 is 6.04 Å². The van der Waals surface area contributed by atoms with E-state index in [-0.39, 0.29) is 12.0 Å². The van der Waals surface area contributed by atoms with Crippen LogP contribution in [0.15, 0.2) is 54.6 Å². The first-order valence-electron chi connectivity index (χ1n) is 9.37. The number of amides is 2. The predicted molar refractivity (Wildman–Crippen MR) is 104 cm³/mol. The molecule has 2 amide bonds. The smallest absolute Gasteiger partial charge is 0.414 e. The van der Waals surface area contributed by atoms with Gasteiger partial charge in [0, 0.05) is 24.5 Å². The van der Waals surface area contributed by atoms with E-state index in [9.17, 15) is 9.59 Å². The van der Waals surface area contributed by atoms with E-state index in [2.05, 4.69) is 5.32 Å². The lowest BCUT2D eigenvalue weighted by Crippen LogP contribution is -2.36. The molecule has 2 aliphatic heterocycles. The van der Waals surface area contributed by atoms with Crippen LogP contribution in [-0.2, 0) is 9.53 Å². The Morgan fingerprint density at radius 1 is 0.963 bits per heavy atom. The molecule has 0 aliphatic carbocycles. The number of hydrogen-bond donors (Lipinski definition) is 1. The average Bonchev–Trinajstić information content (AvgIpc) is 3.39. The highest BCUT2D eigenvalue weighted by Gasteiger charge is 2.28. The van der Waals surface area contributed by atoms with Crippen LogP contribution in [0, 0.1) is 0 Å². The largest absolute Gasteiger partial charge is 0.447 e. The maximum Gasteiger partial charge on any atom is 0.414 e. The molecule has 0 aromatic heterocycles. The number of carbonyl (C=O) groups is 2. The molecule has 0 spiro atoms. The minimum absolute atomic E-state index is 0.103. The summed E-state index contributed by atoms with van der Waals surface area (Å²) in [6, 6.07) is 16.9. The average molecular weight is 365 g/mol. The molecule has 140 valence electrons. The maximum atomic E-state index is 13.1. The van der Waals surface area contributed by atoms with Gasteiger partial charge in [-0.3, -0.25) is 9.69 Å². The molecule has 0 bridgehead atoms. The van der Waals surface area contributed by atoms with Crippen molar-refractivity contribution in [1.82, 2.24) is 4.90 Å². The van der Waals surface area contributed by atoms with Gasteiger partial charge in [0.1, 0.15) is 12.6 Å². The molecule has 27 heavy (non-hydrogen) atoms. The Kier molecular flexibility index (Phi) is 4.96. The number of nitrogens with one attached hydrogen (secondary N) is 1. The Morgan fingerprint density at radius 3 is 2.30 bits per heavy atom. The Bertz CT molecular complexity index is 801. The maximum absolute atomic E-state index is 13.1. The monoisotopic (exact) mass is 365 g/mol. The quantitative estimate of drug-likeness (QED) is 0.882. The lowest BCUT2D eigenvalue weighted by molar-refractivity contribution is -0.131. The van der Waals surface area contributed by atoms with Crippen molar-refractivity contribution in [1.29, 1.82) is 0 Å². The van der Waals surface area contributed by atoms with Crippen LogP contribution in [0.2, 0.25) is 0 Å². The molecular formula is C21H23N3O3. The number of nitrogens with zero attached hydrogens (tertiary/aromatic N) is 2. The van der Waals surface area contributed by atoms with Crippen LogP contribution in [0.3, 0.4) is 0 Å². The third kappa shape index (κ3) is 3.74. The third-order valence-electron chi connectivity index (χ3n) is 5.05. The van der Waals surface area contributed by atoms with Gasteiger partial charge in [-0.05, 0) is 42.7 Å². The van der Waals surface area contributed by atoms with Crippen LogP contribution >= 0.6 is 0 Å². The summed E-state index contributed by atoms with van der Waals surface area (Å²) in [5.41, 5.74) is 2.58. The minimum atomic E-state index is -0.424. The molecule has 2 saturated heterocycles. The van der Waals surface area contributed by atoms with Gasteiger partial charge in [-0.15, -0.1) is 0 Å². The van der Waals surface area contributed by atoms with E-state index in [1.807, 2.05) is 59.5 Å². The Labute approximate surface area is 158 Å². The number of carbonyl (C=O) groups excluding carboxylic acids is 2. The molecule has 4 rings (SSSR count). The number of likely N-dealkylation sites (tertiary alicyclic amines) is 1. The molecule has 6 heteroatoms. The van der Waals surface area contributed by atoms with E-state index in [0.29, 0.717) is 13.2 Å². The normalized spacial score (nSPS) is 17.7. The van der Waals surface area contributed by atoms with Crippen molar-refractivity contribution in [2.45, 2.75) is 18.9 Å². The minimum Gasteiger partial charge on any atom is -0.447 e. The van der Waals surface area contributed by atoms with Crippen LogP contribution in [0.25, 0.3) is 0 Å². The van der Waals surface area contributed by atoms with Gasteiger partial charge in [0.25, 0.3) is 0 Å². The summed E-state index contributed by atoms with van der Waals surface area (Å²) < 4.78 is 4.98. The second-order valence-corrected chi connectivity index (χ2v) is 6.83. The summed E-state index contributed by atoms with van der Waals surface area (Å²) in [7, 11) is 0. The molecule has 0 saturated carbocycles. The van der Waals surface area contributed by atoms with Crippen LogP contribution in [0.1, 0.15) is 24.4 Å². The topological polar surface area (TPSA) is 61.9 Å². The van der Waals surface area contributed by atoms with Gasteiger partial charge in [-0.2, -0.15) is 0 Å². The molecule has 2 heterocycles. The number of rotatable bonds is 5. The lowest BCUT2D eigenvalue weighted by Gasteiger charge is -2.25. The zero-order chi connectivity index (χ0) is 18.6. The molecule has 2 aromatic rings. The van der Waals surface area contributed by atoms with Crippen LogP contribution < -0.4 is 10.2 Å². The predicted octanol–water partition coefficient (Wildman–Crippen LogP) is 3.42. The van der Waals surface area contributed by atoms with Crippen molar-refractivity contribution in [3.8, 4) is 0 Å². The fraction of sp³-hybridized carbons (Fsp3) is 0.333. The van der Waals surface area contributed by atoms with Crippen LogP contribution in [0.4, 0.5) is 16.2 Å². The summed E-state index contributed by atoms with van der Waals surface area (Å²) in [6.45, 7) is 2.62. The highest BCUT2D eigenvalue weighted by molar-refractivity contribution is 5.90. The molecule has 0 radical (unpaired) electrons. The van der Waals surface area contributed by atoms with Gasteiger partial charge in [0.2, 0.25) is 5.91 Å². The first-order chi connectivity index (χ1) is 13.2. The van der Waals surface area contributed by atoms with Crippen LogP contribution in [-0.4, -0.2) is 43.1 Å². The second kappa shape index (κ2) is 7.70. The van der Waals surface area contributed by atoms with Gasteiger partial charge in [-0.1, -0.05) is 30.3 Å². The fourth-order valence-electron chi connectivity index (χ4n) is 3.59. The summed E-state index contributed by atoms with van der Waals surface area (Å²) in [5.74, 6) is 0.103. The van der Waals surface area contributed by atoms with Crippen molar-refractivity contribution in [3.05, 3.63) is 60.2 Å². The zero-order valence-corrected chi connectivity index (χ0v) is 15.1. The molecule has 6 nitrogen and oxygen atoms in total. The van der Waals surface area contributed by atoms with Gasteiger partial charge in [0.05, 0.1) is 6.54 Å². The van der Waals surface area contributed by atoms with Crippen molar-refractivity contribution in [3.63, 3.8) is 0 Å². The van der Waals surface area contributed by atoms with Crippen LogP contribution in [0.5, 0.6) is 0 Å². The molecular weight excluding hydrogens is 342 g/mol. The fourth-order valence-corrected chi connectivity index (χ4v) is 3.59. The molecule has 0 unspecified atom stereocenters. The van der Waals surface area contributed by atoms with E-state index in [1.165, 1.54) is 0 Å². The molecule has 2 aliphatic rings. The van der Waals surface area contributed by atoms with Gasteiger partial charge in [-0.25, -0.2) is 4.79 Å². The first-order valence-corrected chi connectivity index (χ1v) is 9.37. The Morgan fingerprint density at radius 2 is 1.67 bits per heavy atom. The van der Waals surface area contributed by atoms with Crippen molar-refractivity contribution >= 4 is 23.4 Å². The molecule has 1 atom stereocenters. The Balaban J connectivity index is 1.54. The Hall–Kier alpha value is -3.02.